The predicted molar refractivity (Wildman–Crippen MR) is 113 cm³/mol. The van der Waals surface area contributed by atoms with Crippen LogP contribution in [-0.4, -0.2) is 54.8 Å². The quantitative estimate of drug-likeness (QED) is 0.373. The number of carbonyl (C=O) groups is 4. The fraction of sp³-hybridized carbons (Fsp3) is 0.333. The molecule has 0 unspecified atom stereocenters. The van der Waals surface area contributed by atoms with Crippen molar-refractivity contribution in [1.29, 1.82) is 0 Å². The molecular formula is C24H23NO7. The van der Waals surface area contributed by atoms with Gasteiger partial charge in [0.1, 0.15) is 13.2 Å². The molecule has 0 spiro atoms. The van der Waals surface area contributed by atoms with Crippen LogP contribution in [0.15, 0.2) is 36.4 Å². The van der Waals surface area contributed by atoms with Crippen LogP contribution in [0, 0.1) is 5.92 Å². The van der Waals surface area contributed by atoms with Gasteiger partial charge < -0.3 is 14.2 Å². The van der Waals surface area contributed by atoms with E-state index in [9.17, 15) is 19.2 Å². The zero-order valence-electron chi connectivity index (χ0n) is 17.9. The van der Waals surface area contributed by atoms with Gasteiger partial charge in [0, 0.05) is 12.1 Å². The van der Waals surface area contributed by atoms with Gasteiger partial charge in [-0.3, -0.25) is 19.3 Å². The zero-order chi connectivity index (χ0) is 22.8. The minimum atomic E-state index is -0.750. The van der Waals surface area contributed by atoms with E-state index < -0.39 is 24.3 Å². The number of ether oxygens (including phenoxy) is 3. The molecule has 2 aromatic carbocycles. The summed E-state index contributed by atoms with van der Waals surface area (Å²) in [5.41, 5.74) is 0.872. The maximum absolute atomic E-state index is 12.6. The summed E-state index contributed by atoms with van der Waals surface area (Å²) in [4.78, 5) is 51.2. The van der Waals surface area contributed by atoms with Gasteiger partial charge in [-0.05, 0) is 48.7 Å². The molecule has 2 amide bonds. The molecule has 2 aromatic rings. The summed E-state index contributed by atoms with van der Waals surface area (Å²) >= 11 is 0. The van der Waals surface area contributed by atoms with E-state index in [1.54, 1.807) is 18.2 Å². The molecule has 0 aromatic heterocycles. The molecule has 0 aliphatic carbocycles. The fourth-order valence-corrected chi connectivity index (χ4v) is 3.52. The van der Waals surface area contributed by atoms with Crippen LogP contribution in [-0.2, 0) is 4.74 Å². The molecule has 2 aliphatic rings. The van der Waals surface area contributed by atoms with Gasteiger partial charge in [0.05, 0.1) is 16.7 Å². The van der Waals surface area contributed by atoms with Crippen LogP contribution >= 0.6 is 0 Å². The summed E-state index contributed by atoms with van der Waals surface area (Å²) < 4.78 is 16.0. The average molecular weight is 437 g/mol. The molecule has 4 rings (SSSR count). The Morgan fingerprint density at radius 2 is 1.62 bits per heavy atom. The highest BCUT2D eigenvalue weighted by Gasteiger charge is 2.35. The number of imide groups is 1. The molecule has 8 nitrogen and oxygen atoms in total. The highest BCUT2D eigenvalue weighted by Crippen LogP contribution is 2.31. The summed E-state index contributed by atoms with van der Waals surface area (Å²) in [6.45, 7) is 4.73. The van der Waals surface area contributed by atoms with E-state index >= 15 is 0 Å². The Morgan fingerprint density at radius 3 is 2.38 bits per heavy atom. The second-order valence-corrected chi connectivity index (χ2v) is 8.06. The molecule has 166 valence electrons. The van der Waals surface area contributed by atoms with Gasteiger partial charge in [-0.2, -0.15) is 0 Å². The number of hydrogen-bond donors (Lipinski definition) is 0. The molecule has 0 fully saturated rings. The monoisotopic (exact) mass is 437 g/mol. The van der Waals surface area contributed by atoms with Crippen LogP contribution in [0.5, 0.6) is 11.5 Å². The Hall–Kier alpha value is -3.68. The SMILES string of the molecule is CC(C)CCN1C(=O)c2ccc(C(=O)OCC(=O)c3ccc4c(c3)OCCO4)cc2C1=O. The molecule has 0 N–H and O–H groups in total. The second-order valence-electron chi connectivity index (χ2n) is 8.06. The second kappa shape index (κ2) is 8.82. The van der Waals surface area contributed by atoms with E-state index in [4.69, 9.17) is 14.2 Å². The van der Waals surface area contributed by atoms with E-state index in [1.165, 1.54) is 23.1 Å². The van der Waals surface area contributed by atoms with Crippen molar-refractivity contribution in [1.82, 2.24) is 4.90 Å². The first-order chi connectivity index (χ1) is 15.3. The first-order valence-electron chi connectivity index (χ1n) is 10.5. The Morgan fingerprint density at radius 1 is 0.938 bits per heavy atom. The Balaban J connectivity index is 1.41. The average Bonchev–Trinajstić information content (AvgIpc) is 3.04. The largest absolute Gasteiger partial charge is 0.486 e. The van der Waals surface area contributed by atoms with Gasteiger partial charge >= 0.3 is 5.97 Å². The summed E-state index contributed by atoms with van der Waals surface area (Å²) in [5.74, 6) is -0.562. The topological polar surface area (TPSA) is 99.2 Å². The number of nitrogens with zero attached hydrogens (tertiary/aromatic N) is 1. The number of benzene rings is 2. The first-order valence-corrected chi connectivity index (χ1v) is 10.5. The Labute approximate surface area is 185 Å². The van der Waals surface area contributed by atoms with E-state index in [2.05, 4.69) is 0 Å². The predicted octanol–water partition coefficient (Wildman–Crippen LogP) is 3.14. The van der Waals surface area contributed by atoms with Gasteiger partial charge in [-0.15, -0.1) is 0 Å². The highest BCUT2D eigenvalue weighted by atomic mass is 16.6. The third-order valence-corrected chi connectivity index (χ3v) is 5.33. The third kappa shape index (κ3) is 4.21. The van der Waals surface area contributed by atoms with Crippen molar-refractivity contribution in [3.63, 3.8) is 0 Å². The number of carbonyl (C=O) groups excluding carboxylic acids is 4. The third-order valence-electron chi connectivity index (χ3n) is 5.33. The number of Topliss-reactive ketones (excluding diaryl/α,β-unsaturated/α-hetero) is 1. The Kier molecular flexibility index (Phi) is 5.94. The van der Waals surface area contributed by atoms with Crippen LogP contribution in [0.3, 0.4) is 0 Å². The van der Waals surface area contributed by atoms with Crippen LogP contribution in [0.25, 0.3) is 0 Å². The number of hydrogen-bond acceptors (Lipinski definition) is 7. The normalized spacial score (nSPS) is 14.5. The lowest BCUT2D eigenvalue weighted by molar-refractivity contribution is 0.0474. The summed E-state index contributed by atoms with van der Waals surface area (Å²) in [6.07, 6.45) is 0.697. The van der Waals surface area contributed by atoms with Gasteiger partial charge in [0.15, 0.2) is 23.9 Å². The number of fused-ring (bicyclic) bond motifs is 2. The molecule has 0 bridgehead atoms. The fourth-order valence-electron chi connectivity index (χ4n) is 3.52. The van der Waals surface area contributed by atoms with Crippen molar-refractivity contribution in [2.75, 3.05) is 26.4 Å². The smallest absolute Gasteiger partial charge is 0.338 e. The summed E-state index contributed by atoms with van der Waals surface area (Å²) in [6, 6.07) is 8.99. The van der Waals surface area contributed by atoms with Crippen molar-refractivity contribution in [2.45, 2.75) is 20.3 Å². The van der Waals surface area contributed by atoms with Crippen molar-refractivity contribution >= 4 is 23.6 Å². The minimum absolute atomic E-state index is 0.102. The molecule has 2 aliphatic heterocycles. The zero-order valence-corrected chi connectivity index (χ0v) is 17.9. The lowest BCUT2D eigenvalue weighted by atomic mass is 10.1. The van der Waals surface area contributed by atoms with Crippen LogP contribution in [0.2, 0.25) is 0 Å². The van der Waals surface area contributed by atoms with Crippen molar-refractivity contribution < 1.29 is 33.4 Å². The van der Waals surface area contributed by atoms with Crippen LogP contribution < -0.4 is 9.47 Å². The first kappa shape index (κ1) is 21.5. The Bertz CT molecular complexity index is 1110. The molecule has 0 radical (unpaired) electrons. The summed E-state index contributed by atoms with van der Waals surface area (Å²) in [5, 5.41) is 0. The van der Waals surface area contributed by atoms with E-state index in [1.807, 2.05) is 13.8 Å². The van der Waals surface area contributed by atoms with Gasteiger partial charge in [0.25, 0.3) is 11.8 Å². The molecule has 8 heteroatoms. The number of rotatable bonds is 7. The molecule has 2 heterocycles. The maximum atomic E-state index is 12.6. The molecular weight excluding hydrogens is 414 g/mol. The van der Waals surface area contributed by atoms with Gasteiger partial charge in [-0.1, -0.05) is 13.8 Å². The van der Waals surface area contributed by atoms with Gasteiger partial charge in [0.2, 0.25) is 0 Å². The lowest BCUT2D eigenvalue weighted by Gasteiger charge is -2.18. The van der Waals surface area contributed by atoms with Gasteiger partial charge in [-0.25, -0.2) is 4.79 Å². The minimum Gasteiger partial charge on any atom is -0.486 e. The number of ketones is 1. The highest BCUT2D eigenvalue weighted by molar-refractivity contribution is 6.22. The summed E-state index contributed by atoms with van der Waals surface area (Å²) in [7, 11) is 0. The van der Waals surface area contributed by atoms with E-state index in [-0.39, 0.29) is 22.6 Å². The molecule has 32 heavy (non-hydrogen) atoms. The molecule has 0 atom stereocenters. The maximum Gasteiger partial charge on any atom is 0.338 e. The number of esters is 1. The number of amides is 2. The molecule has 0 saturated heterocycles. The standard InChI is InChI=1S/C24H23NO7/c1-14(2)7-8-25-22(27)17-5-3-16(11-18(17)23(25)28)24(29)32-13-19(26)15-4-6-20-21(12-15)31-10-9-30-20/h3-6,11-12,14H,7-10,13H2,1-2H3. The lowest BCUT2D eigenvalue weighted by Crippen LogP contribution is -2.31. The van der Waals surface area contributed by atoms with Crippen molar-refractivity contribution in [2.24, 2.45) is 5.92 Å². The van der Waals surface area contributed by atoms with Crippen LogP contribution in [0.1, 0.15) is 61.7 Å². The van der Waals surface area contributed by atoms with Crippen molar-refractivity contribution in [3.8, 4) is 11.5 Å². The van der Waals surface area contributed by atoms with E-state index in [0.717, 1.165) is 0 Å². The van der Waals surface area contributed by atoms with Crippen LogP contribution in [0.4, 0.5) is 0 Å². The van der Waals surface area contributed by atoms with E-state index in [0.29, 0.717) is 49.2 Å². The molecule has 0 saturated carbocycles. The van der Waals surface area contributed by atoms with Crippen molar-refractivity contribution in [3.05, 3.63) is 58.7 Å².